The summed E-state index contributed by atoms with van der Waals surface area (Å²) in [6.45, 7) is 1.48. The zero-order valence-corrected chi connectivity index (χ0v) is 19.3. The van der Waals surface area contributed by atoms with E-state index in [1.54, 1.807) is 36.4 Å². The van der Waals surface area contributed by atoms with E-state index in [1.807, 2.05) is 0 Å². The summed E-state index contributed by atoms with van der Waals surface area (Å²) >= 11 is 0. The van der Waals surface area contributed by atoms with E-state index in [-0.39, 0.29) is 16.1 Å². The van der Waals surface area contributed by atoms with Gasteiger partial charge in [-0.3, -0.25) is 19.6 Å². The predicted molar refractivity (Wildman–Crippen MR) is 131 cm³/mol. The average Bonchev–Trinajstić information content (AvgIpc) is 3.36. The van der Waals surface area contributed by atoms with Crippen LogP contribution in [0.4, 0.5) is 11.4 Å². The van der Waals surface area contributed by atoms with Crippen LogP contribution in [0.15, 0.2) is 82.9 Å². The minimum atomic E-state index is -4.09. The standard InChI is InChI=1S/C24H23N5O5S/c30-22(31)14-21(17-3-2-10-25-15-17)35(33,34)20-5-1-4-19(13-20)28-23(32)16-6-8-18(9-7-16)29-24-26-11-12-27-24/h1-10,13,15,21H,11-12,14H2,(H,28,32)(H,30,31)(H2,26,27,29). The monoisotopic (exact) mass is 493 g/mol. The summed E-state index contributed by atoms with van der Waals surface area (Å²) in [6.07, 6.45) is 2.20. The number of aliphatic carboxylic acids is 1. The van der Waals surface area contributed by atoms with Gasteiger partial charge in [0.2, 0.25) is 0 Å². The maximum Gasteiger partial charge on any atom is 0.305 e. The first-order chi connectivity index (χ1) is 16.8. The van der Waals surface area contributed by atoms with Gasteiger partial charge >= 0.3 is 5.97 Å². The fourth-order valence-electron chi connectivity index (χ4n) is 3.57. The van der Waals surface area contributed by atoms with E-state index in [1.165, 1.54) is 36.7 Å². The molecule has 4 N–H and O–H groups in total. The lowest BCUT2D eigenvalue weighted by Gasteiger charge is -2.17. The molecule has 0 fully saturated rings. The fraction of sp³-hybridized carbons (Fsp3) is 0.167. The molecule has 1 amide bonds. The molecule has 0 spiro atoms. The molecule has 10 nitrogen and oxygen atoms in total. The van der Waals surface area contributed by atoms with Gasteiger partial charge in [0.1, 0.15) is 5.25 Å². The van der Waals surface area contributed by atoms with Crippen LogP contribution >= 0.6 is 0 Å². The number of hydrogen-bond donors (Lipinski definition) is 4. The maximum absolute atomic E-state index is 13.3. The minimum absolute atomic E-state index is 0.102. The van der Waals surface area contributed by atoms with E-state index in [0.29, 0.717) is 18.1 Å². The number of carboxylic acid groups (broad SMARTS) is 1. The fourth-order valence-corrected chi connectivity index (χ4v) is 5.32. The van der Waals surface area contributed by atoms with Crippen LogP contribution in [0.25, 0.3) is 0 Å². The van der Waals surface area contributed by atoms with Crippen molar-refractivity contribution in [2.45, 2.75) is 16.6 Å². The van der Waals surface area contributed by atoms with Gasteiger partial charge in [-0.05, 0) is 54.1 Å². The highest BCUT2D eigenvalue weighted by atomic mass is 32.2. The SMILES string of the molecule is O=C(O)CC(c1cccnc1)S(=O)(=O)c1cccc(NC(=O)c2ccc(NC3=NCCN3)cc2)c1. The molecule has 35 heavy (non-hydrogen) atoms. The largest absolute Gasteiger partial charge is 0.481 e. The van der Waals surface area contributed by atoms with E-state index in [0.717, 1.165) is 12.2 Å². The minimum Gasteiger partial charge on any atom is -0.481 e. The number of carbonyl (C=O) groups excluding carboxylic acids is 1. The molecular weight excluding hydrogens is 470 g/mol. The first-order valence-corrected chi connectivity index (χ1v) is 12.3. The molecule has 1 atom stereocenters. The summed E-state index contributed by atoms with van der Waals surface area (Å²) in [6, 6.07) is 15.6. The average molecular weight is 494 g/mol. The molecule has 1 unspecified atom stereocenters. The van der Waals surface area contributed by atoms with Crippen LogP contribution in [0.3, 0.4) is 0 Å². The Hall–Kier alpha value is -4.25. The van der Waals surface area contributed by atoms with Crippen LogP contribution in [0.5, 0.6) is 0 Å². The zero-order chi connectivity index (χ0) is 24.8. The molecule has 4 rings (SSSR count). The van der Waals surface area contributed by atoms with Crippen molar-refractivity contribution in [2.75, 3.05) is 23.7 Å². The van der Waals surface area contributed by atoms with Gasteiger partial charge in [-0.1, -0.05) is 12.1 Å². The Morgan fingerprint density at radius 2 is 1.86 bits per heavy atom. The number of nitrogens with one attached hydrogen (secondary N) is 3. The number of aliphatic imine (C=N–C) groups is 1. The van der Waals surface area contributed by atoms with E-state index in [9.17, 15) is 23.1 Å². The molecule has 1 aromatic heterocycles. The van der Waals surface area contributed by atoms with Gasteiger partial charge in [0.25, 0.3) is 5.91 Å². The third kappa shape index (κ3) is 5.82. The number of aromatic nitrogens is 1. The highest BCUT2D eigenvalue weighted by Crippen LogP contribution is 2.32. The van der Waals surface area contributed by atoms with Crippen molar-refractivity contribution in [3.63, 3.8) is 0 Å². The van der Waals surface area contributed by atoms with Gasteiger partial charge in [-0.25, -0.2) is 8.42 Å². The molecule has 0 aliphatic carbocycles. The number of hydrogen-bond acceptors (Lipinski definition) is 8. The molecule has 0 bridgehead atoms. The van der Waals surface area contributed by atoms with Crippen molar-refractivity contribution >= 4 is 39.0 Å². The molecule has 11 heteroatoms. The predicted octanol–water partition coefficient (Wildman–Crippen LogP) is 2.69. The topological polar surface area (TPSA) is 150 Å². The lowest BCUT2D eigenvalue weighted by atomic mass is 10.1. The molecule has 1 aliphatic heterocycles. The van der Waals surface area contributed by atoms with Gasteiger partial charge in [0.15, 0.2) is 15.8 Å². The van der Waals surface area contributed by atoms with Crippen molar-refractivity contribution in [1.29, 1.82) is 0 Å². The number of amides is 1. The third-order valence-electron chi connectivity index (χ3n) is 5.30. The van der Waals surface area contributed by atoms with Crippen LogP contribution < -0.4 is 16.0 Å². The van der Waals surface area contributed by atoms with E-state index >= 15 is 0 Å². The number of benzene rings is 2. The summed E-state index contributed by atoms with van der Waals surface area (Å²) in [5.41, 5.74) is 1.69. The summed E-state index contributed by atoms with van der Waals surface area (Å²) in [7, 11) is -4.09. The molecule has 0 saturated carbocycles. The summed E-state index contributed by atoms with van der Waals surface area (Å²) in [5, 5.41) is 16.9. The van der Waals surface area contributed by atoms with Gasteiger partial charge in [-0.2, -0.15) is 0 Å². The number of guanidine groups is 1. The lowest BCUT2D eigenvalue weighted by molar-refractivity contribution is -0.137. The van der Waals surface area contributed by atoms with E-state index < -0.39 is 33.4 Å². The first kappa shape index (κ1) is 23.9. The number of sulfone groups is 1. The maximum atomic E-state index is 13.3. The van der Waals surface area contributed by atoms with Crippen LogP contribution in [0, 0.1) is 0 Å². The Morgan fingerprint density at radius 3 is 2.51 bits per heavy atom. The Balaban J connectivity index is 1.52. The molecule has 2 aromatic carbocycles. The summed E-state index contributed by atoms with van der Waals surface area (Å²) in [5.74, 6) is -0.995. The molecular formula is C24H23N5O5S. The molecule has 180 valence electrons. The molecule has 1 aliphatic rings. The highest BCUT2D eigenvalue weighted by Gasteiger charge is 2.31. The molecule has 0 radical (unpaired) electrons. The van der Waals surface area contributed by atoms with Gasteiger partial charge in [-0.15, -0.1) is 0 Å². The van der Waals surface area contributed by atoms with E-state index in [4.69, 9.17) is 0 Å². The molecule has 3 aromatic rings. The van der Waals surface area contributed by atoms with Crippen molar-refractivity contribution < 1.29 is 23.1 Å². The zero-order valence-electron chi connectivity index (χ0n) is 18.5. The van der Waals surface area contributed by atoms with Crippen molar-refractivity contribution in [3.8, 4) is 0 Å². The summed E-state index contributed by atoms with van der Waals surface area (Å²) in [4.78, 5) is 32.2. The Morgan fingerprint density at radius 1 is 1.06 bits per heavy atom. The van der Waals surface area contributed by atoms with Gasteiger partial charge in [0.05, 0.1) is 17.9 Å². The Kier molecular flexibility index (Phi) is 7.06. The number of pyridine rings is 1. The van der Waals surface area contributed by atoms with Crippen molar-refractivity contribution in [3.05, 3.63) is 84.2 Å². The normalized spacial score (nSPS) is 13.9. The second-order valence-electron chi connectivity index (χ2n) is 7.76. The molecule has 2 heterocycles. The van der Waals surface area contributed by atoms with Gasteiger partial charge in [0, 0.05) is 35.9 Å². The third-order valence-corrected chi connectivity index (χ3v) is 7.39. The Bertz CT molecular complexity index is 1360. The van der Waals surface area contributed by atoms with Crippen molar-refractivity contribution in [2.24, 2.45) is 4.99 Å². The lowest BCUT2D eigenvalue weighted by Crippen LogP contribution is -2.26. The Labute approximate surface area is 202 Å². The number of anilines is 2. The van der Waals surface area contributed by atoms with Crippen LogP contribution in [0.2, 0.25) is 0 Å². The highest BCUT2D eigenvalue weighted by molar-refractivity contribution is 7.91. The van der Waals surface area contributed by atoms with Crippen molar-refractivity contribution in [1.82, 2.24) is 10.3 Å². The van der Waals surface area contributed by atoms with Gasteiger partial charge < -0.3 is 21.1 Å². The number of carbonyl (C=O) groups is 2. The molecule has 0 saturated heterocycles. The number of nitrogens with zero attached hydrogens (tertiary/aromatic N) is 2. The second-order valence-corrected chi connectivity index (χ2v) is 9.89. The number of rotatable bonds is 8. The van der Waals surface area contributed by atoms with Crippen LogP contribution in [-0.4, -0.2) is 49.4 Å². The van der Waals surface area contributed by atoms with Crippen LogP contribution in [0.1, 0.15) is 27.6 Å². The quantitative estimate of drug-likeness (QED) is 0.374. The second kappa shape index (κ2) is 10.3. The first-order valence-electron chi connectivity index (χ1n) is 10.8. The van der Waals surface area contributed by atoms with E-state index in [2.05, 4.69) is 25.9 Å². The smallest absolute Gasteiger partial charge is 0.305 e. The summed E-state index contributed by atoms with van der Waals surface area (Å²) < 4.78 is 26.7. The number of carboxylic acids is 1. The van der Waals surface area contributed by atoms with Crippen LogP contribution in [-0.2, 0) is 14.6 Å².